The molecular weight excluding hydrogens is 226 g/mol. The third-order valence-electron chi connectivity index (χ3n) is 3.50. The number of piperazine rings is 1. The van der Waals surface area contributed by atoms with E-state index in [1.54, 1.807) is 4.90 Å². The van der Waals surface area contributed by atoms with Gasteiger partial charge < -0.3 is 9.80 Å². The van der Waals surface area contributed by atoms with Crippen LogP contribution in [0.3, 0.4) is 0 Å². The minimum Gasteiger partial charge on any atom is -0.368 e. The summed E-state index contributed by atoms with van der Waals surface area (Å²) in [5.74, 6) is 0.179. The lowest BCUT2D eigenvalue weighted by atomic mass is 10.1. The van der Waals surface area contributed by atoms with E-state index in [0.717, 1.165) is 19.6 Å². The maximum atomic E-state index is 12.1. The summed E-state index contributed by atoms with van der Waals surface area (Å²) in [5, 5.41) is 0. The van der Waals surface area contributed by atoms with E-state index in [9.17, 15) is 4.79 Å². The first-order valence-electron chi connectivity index (χ1n) is 6.31. The quantitative estimate of drug-likeness (QED) is 0.777. The van der Waals surface area contributed by atoms with E-state index in [1.807, 2.05) is 39.3 Å². The molecule has 0 N–H and O–H groups in total. The average molecular weight is 247 g/mol. The van der Waals surface area contributed by atoms with Crippen LogP contribution in [0.15, 0.2) is 30.3 Å². The molecule has 1 aromatic carbocycles. The van der Waals surface area contributed by atoms with E-state index < -0.39 is 0 Å². The lowest BCUT2D eigenvalue weighted by molar-refractivity contribution is -0.134. The minimum atomic E-state index is -0.0473. The van der Waals surface area contributed by atoms with Gasteiger partial charge in [-0.2, -0.15) is 0 Å². The molecule has 1 saturated heterocycles. The average Bonchev–Trinajstić information content (AvgIpc) is 2.39. The van der Waals surface area contributed by atoms with Crippen molar-refractivity contribution >= 4 is 11.6 Å². The molecule has 0 spiro atoms. The Balaban J connectivity index is 2.12. The Morgan fingerprint density at radius 1 is 1.22 bits per heavy atom. The van der Waals surface area contributed by atoms with Gasteiger partial charge in [-0.3, -0.25) is 9.69 Å². The highest BCUT2D eigenvalue weighted by atomic mass is 16.2. The van der Waals surface area contributed by atoms with Gasteiger partial charge in [-0.25, -0.2) is 0 Å². The maximum absolute atomic E-state index is 12.1. The van der Waals surface area contributed by atoms with Crippen molar-refractivity contribution in [1.29, 1.82) is 0 Å². The molecular formula is C14H21N3O. The van der Waals surface area contributed by atoms with Crippen molar-refractivity contribution in [2.75, 3.05) is 45.7 Å². The number of hydrogen-bond donors (Lipinski definition) is 0. The van der Waals surface area contributed by atoms with E-state index in [4.69, 9.17) is 0 Å². The van der Waals surface area contributed by atoms with Crippen molar-refractivity contribution in [3.05, 3.63) is 30.3 Å². The molecule has 0 aliphatic carbocycles. The Hall–Kier alpha value is -1.55. The number of likely N-dealkylation sites (N-methyl/N-ethyl adjacent to an activating group) is 2. The van der Waals surface area contributed by atoms with Crippen molar-refractivity contribution in [2.45, 2.75) is 6.04 Å². The molecule has 4 nitrogen and oxygen atoms in total. The van der Waals surface area contributed by atoms with Crippen molar-refractivity contribution in [2.24, 2.45) is 0 Å². The van der Waals surface area contributed by atoms with Crippen LogP contribution in [0.5, 0.6) is 0 Å². The summed E-state index contributed by atoms with van der Waals surface area (Å²) in [5.41, 5.74) is 1.20. The summed E-state index contributed by atoms with van der Waals surface area (Å²) in [6.07, 6.45) is 0. The molecule has 0 aromatic heterocycles. The monoisotopic (exact) mass is 247 g/mol. The van der Waals surface area contributed by atoms with Crippen molar-refractivity contribution in [3.8, 4) is 0 Å². The third-order valence-corrected chi connectivity index (χ3v) is 3.50. The molecule has 0 saturated carbocycles. The second kappa shape index (κ2) is 5.40. The van der Waals surface area contributed by atoms with Gasteiger partial charge in [0.05, 0.1) is 0 Å². The lowest BCUT2D eigenvalue weighted by Crippen LogP contribution is -2.57. The topological polar surface area (TPSA) is 26.8 Å². The molecule has 0 bridgehead atoms. The van der Waals surface area contributed by atoms with E-state index >= 15 is 0 Å². The standard InChI is InChI=1S/C14H21N3O/c1-15(2)14(18)13-11-17(10-9-16(13)3)12-7-5-4-6-8-12/h4-8,13H,9-11H2,1-3H3. The number of carbonyl (C=O) groups is 1. The summed E-state index contributed by atoms with van der Waals surface area (Å²) in [7, 11) is 5.66. The summed E-state index contributed by atoms with van der Waals surface area (Å²) in [6.45, 7) is 2.65. The molecule has 1 aliphatic rings. The molecule has 1 unspecified atom stereocenters. The van der Waals surface area contributed by atoms with Gasteiger partial charge in [0.2, 0.25) is 5.91 Å². The van der Waals surface area contributed by atoms with Gasteiger partial charge >= 0.3 is 0 Å². The number of hydrogen-bond acceptors (Lipinski definition) is 3. The highest BCUT2D eigenvalue weighted by Crippen LogP contribution is 2.18. The van der Waals surface area contributed by atoms with Gasteiger partial charge in [0.1, 0.15) is 6.04 Å². The van der Waals surface area contributed by atoms with Crippen LogP contribution in [0.4, 0.5) is 5.69 Å². The molecule has 1 aliphatic heterocycles. The first-order valence-corrected chi connectivity index (χ1v) is 6.31. The summed E-state index contributed by atoms with van der Waals surface area (Å²) in [6, 6.07) is 10.2. The van der Waals surface area contributed by atoms with Crippen LogP contribution in [0.2, 0.25) is 0 Å². The number of benzene rings is 1. The summed E-state index contributed by atoms with van der Waals surface area (Å²) in [4.78, 5) is 18.2. The Labute approximate surface area is 109 Å². The van der Waals surface area contributed by atoms with Crippen molar-refractivity contribution in [3.63, 3.8) is 0 Å². The predicted octanol–water partition coefficient (Wildman–Crippen LogP) is 0.895. The molecule has 1 atom stereocenters. The maximum Gasteiger partial charge on any atom is 0.241 e. The zero-order valence-electron chi connectivity index (χ0n) is 11.3. The fourth-order valence-electron chi connectivity index (χ4n) is 2.31. The van der Waals surface area contributed by atoms with Crippen LogP contribution in [-0.4, -0.2) is 62.5 Å². The number of amides is 1. The minimum absolute atomic E-state index is 0.0473. The van der Waals surface area contributed by atoms with Crippen LogP contribution in [0.1, 0.15) is 0 Å². The molecule has 1 aromatic rings. The normalized spacial score (nSPS) is 20.8. The number of anilines is 1. The van der Waals surface area contributed by atoms with E-state index in [0.29, 0.717) is 0 Å². The molecule has 4 heteroatoms. The van der Waals surface area contributed by atoms with Gasteiger partial charge in [-0.05, 0) is 19.2 Å². The van der Waals surface area contributed by atoms with Crippen LogP contribution < -0.4 is 4.90 Å². The number of carbonyl (C=O) groups excluding carboxylic acids is 1. The van der Waals surface area contributed by atoms with Crippen LogP contribution in [-0.2, 0) is 4.79 Å². The highest BCUT2D eigenvalue weighted by Gasteiger charge is 2.30. The zero-order chi connectivity index (χ0) is 13.1. The highest BCUT2D eigenvalue weighted by molar-refractivity contribution is 5.82. The first kappa shape index (κ1) is 12.9. The van der Waals surface area contributed by atoms with Crippen LogP contribution in [0, 0.1) is 0 Å². The molecule has 18 heavy (non-hydrogen) atoms. The number of rotatable bonds is 2. The zero-order valence-corrected chi connectivity index (χ0v) is 11.3. The smallest absolute Gasteiger partial charge is 0.241 e. The number of para-hydroxylation sites is 1. The van der Waals surface area contributed by atoms with E-state index in [1.165, 1.54) is 5.69 Å². The van der Waals surface area contributed by atoms with Gasteiger partial charge in [0.25, 0.3) is 0 Å². The molecule has 1 heterocycles. The lowest BCUT2D eigenvalue weighted by Gasteiger charge is -2.40. The Morgan fingerprint density at radius 2 is 1.89 bits per heavy atom. The molecule has 1 fully saturated rings. The third kappa shape index (κ3) is 2.64. The second-order valence-corrected chi connectivity index (χ2v) is 5.01. The summed E-state index contributed by atoms with van der Waals surface area (Å²) >= 11 is 0. The second-order valence-electron chi connectivity index (χ2n) is 5.01. The molecule has 0 radical (unpaired) electrons. The fraction of sp³-hybridized carbons (Fsp3) is 0.500. The first-order chi connectivity index (χ1) is 8.59. The van der Waals surface area contributed by atoms with E-state index in [2.05, 4.69) is 21.9 Å². The SMILES string of the molecule is CN(C)C(=O)C1CN(c2ccccc2)CCN1C. The van der Waals surface area contributed by atoms with Crippen molar-refractivity contribution < 1.29 is 4.79 Å². The summed E-state index contributed by atoms with van der Waals surface area (Å²) < 4.78 is 0. The Morgan fingerprint density at radius 3 is 2.50 bits per heavy atom. The Kier molecular flexibility index (Phi) is 3.87. The molecule has 2 rings (SSSR count). The predicted molar refractivity (Wildman–Crippen MR) is 73.8 cm³/mol. The molecule has 1 amide bonds. The Bertz CT molecular complexity index is 405. The van der Waals surface area contributed by atoms with Gasteiger partial charge in [0.15, 0.2) is 0 Å². The number of nitrogens with zero attached hydrogens (tertiary/aromatic N) is 3. The fourth-order valence-corrected chi connectivity index (χ4v) is 2.31. The molecule has 98 valence electrons. The van der Waals surface area contributed by atoms with Gasteiger partial charge in [-0.1, -0.05) is 18.2 Å². The largest absolute Gasteiger partial charge is 0.368 e. The van der Waals surface area contributed by atoms with Crippen LogP contribution in [0.25, 0.3) is 0 Å². The van der Waals surface area contributed by atoms with Crippen LogP contribution >= 0.6 is 0 Å². The van der Waals surface area contributed by atoms with Crippen molar-refractivity contribution in [1.82, 2.24) is 9.80 Å². The van der Waals surface area contributed by atoms with Gasteiger partial charge in [-0.15, -0.1) is 0 Å². The van der Waals surface area contributed by atoms with Gasteiger partial charge in [0, 0.05) is 39.4 Å². The van der Waals surface area contributed by atoms with E-state index in [-0.39, 0.29) is 11.9 Å².